The van der Waals surface area contributed by atoms with Crippen LogP contribution in [0.25, 0.3) is 0 Å². The maximum Gasteiger partial charge on any atom is 0.00725 e. The summed E-state index contributed by atoms with van der Waals surface area (Å²) in [5.41, 5.74) is 0.420. The summed E-state index contributed by atoms with van der Waals surface area (Å²) < 4.78 is 0. The lowest BCUT2D eigenvalue weighted by Crippen LogP contribution is -2.30. The Kier molecular flexibility index (Phi) is 4.81. The van der Waals surface area contributed by atoms with Gasteiger partial charge in [-0.3, -0.25) is 0 Å². The lowest BCUT2D eigenvalue weighted by Gasteiger charge is -2.25. The number of hydrogen-bond acceptors (Lipinski definition) is 2. The van der Waals surface area contributed by atoms with Crippen LogP contribution in [0.4, 0.5) is 0 Å². The standard InChI is InChI=1S/C13H23NS/c1-13(2,3)10-11(14-4)7-8-12-6-5-9-15-12/h5-6,9,11,14H,7-8,10H2,1-4H3. The van der Waals surface area contributed by atoms with Gasteiger partial charge in [-0.15, -0.1) is 11.3 Å². The van der Waals surface area contributed by atoms with E-state index >= 15 is 0 Å². The summed E-state index contributed by atoms with van der Waals surface area (Å²) in [6.45, 7) is 6.92. The van der Waals surface area contributed by atoms with Crippen LogP contribution in [0, 0.1) is 5.41 Å². The fourth-order valence-electron chi connectivity index (χ4n) is 1.86. The Balaban J connectivity index is 2.34. The van der Waals surface area contributed by atoms with Crippen molar-refractivity contribution in [1.82, 2.24) is 5.32 Å². The Morgan fingerprint density at radius 3 is 2.60 bits per heavy atom. The molecule has 0 saturated carbocycles. The second kappa shape index (κ2) is 5.66. The van der Waals surface area contributed by atoms with E-state index in [1.54, 1.807) is 0 Å². The predicted molar refractivity (Wildman–Crippen MR) is 69.6 cm³/mol. The smallest absolute Gasteiger partial charge is 0.00725 e. The van der Waals surface area contributed by atoms with Crippen molar-refractivity contribution in [3.05, 3.63) is 22.4 Å². The largest absolute Gasteiger partial charge is 0.317 e. The van der Waals surface area contributed by atoms with Gasteiger partial charge in [-0.25, -0.2) is 0 Å². The molecule has 0 aliphatic rings. The van der Waals surface area contributed by atoms with Crippen molar-refractivity contribution in [3.8, 4) is 0 Å². The van der Waals surface area contributed by atoms with E-state index in [1.165, 1.54) is 24.1 Å². The minimum Gasteiger partial charge on any atom is -0.317 e. The Labute approximate surface area is 97.9 Å². The van der Waals surface area contributed by atoms with Gasteiger partial charge in [0.25, 0.3) is 0 Å². The highest BCUT2D eigenvalue weighted by Crippen LogP contribution is 2.23. The maximum atomic E-state index is 3.43. The summed E-state index contributed by atoms with van der Waals surface area (Å²) in [4.78, 5) is 1.50. The summed E-state index contributed by atoms with van der Waals surface area (Å²) >= 11 is 1.87. The molecule has 1 nitrogen and oxygen atoms in total. The Morgan fingerprint density at radius 2 is 2.13 bits per heavy atom. The van der Waals surface area contributed by atoms with E-state index in [4.69, 9.17) is 0 Å². The van der Waals surface area contributed by atoms with Gasteiger partial charge in [-0.1, -0.05) is 26.8 Å². The molecule has 1 heterocycles. The van der Waals surface area contributed by atoms with Crippen molar-refractivity contribution in [1.29, 1.82) is 0 Å². The Bertz CT molecular complexity index is 259. The monoisotopic (exact) mass is 225 g/mol. The van der Waals surface area contributed by atoms with E-state index in [0.29, 0.717) is 11.5 Å². The fourth-order valence-corrected chi connectivity index (χ4v) is 2.58. The third-order valence-corrected chi connectivity index (χ3v) is 3.52. The highest BCUT2D eigenvalue weighted by Gasteiger charge is 2.17. The molecule has 0 aliphatic carbocycles. The lowest BCUT2D eigenvalue weighted by molar-refractivity contribution is 0.308. The van der Waals surface area contributed by atoms with Crippen LogP contribution in [-0.2, 0) is 6.42 Å². The zero-order valence-corrected chi connectivity index (χ0v) is 11.2. The molecule has 0 saturated heterocycles. The van der Waals surface area contributed by atoms with Crippen LogP contribution in [-0.4, -0.2) is 13.1 Å². The molecule has 1 unspecified atom stereocenters. The van der Waals surface area contributed by atoms with E-state index in [9.17, 15) is 0 Å². The van der Waals surface area contributed by atoms with Gasteiger partial charge in [0.1, 0.15) is 0 Å². The van der Waals surface area contributed by atoms with Gasteiger partial charge in [0.2, 0.25) is 0 Å². The number of nitrogens with one attached hydrogen (secondary N) is 1. The molecule has 1 rings (SSSR count). The first-order valence-electron chi connectivity index (χ1n) is 5.71. The molecule has 1 aromatic heterocycles. The molecule has 0 fully saturated rings. The summed E-state index contributed by atoms with van der Waals surface area (Å²) in [6, 6.07) is 5.01. The molecule has 0 amide bonds. The quantitative estimate of drug-likeness (QED) is 0.805. The number of hydrogen-bond donors (Lipinski definition) is 1. The topological polar surface area (TPSA) is 12.0 Å². The van der Waals surface area contributed by atoms with Crippen molar-refractivity contribution >= 4 is 11.3 Å². The average Bonchev–Trinajstić information content (AvgIpc) is 2.62. The molecular formula is C13H23NS. The van der Waals surface area contributed by atoms with Gasteiger partial charge in [-0.05, 0) is 43.2 Å². The molecule has 15 heavy (non-hydrogen) atoms. The molecule has 0 bridgehead atoms. The number of thiophene rings is 1. The van der Waals surface area contributed by atoms with E-state index in [-0.39, 0.29) is 0 Å². The Morgan fingerprint density at radius 1 is 1.40 bits per heavy atom. The van der Waals surface area contributed by atoms with Crippen molar-refractivity contribution < 1.29 is 0 Å². The Hall–Kier alpha value is -0.340. The average molecular weight is 225 g/mol. The second-order valence-electron chi connectivity index (χ2n) is 5.37. The highest BCUT2D eigenvalue weighted by molar-refractivity contribution is 7.09. The zero-order valence-electron chi connectivity index (χ0n) is 10.3. The van der Waals surface area contributed by atoms with Gasteiger partial charge >= 0.3 is 0 Å². The van der Waals surface area contributed by atoms with Gasteiger partial charge in [0.15, 0.2) is 0 Å². The van der Waals surface area contributed by atoms with Gasteiger partial charge in [0.05, 0.1) is 0 Å². The van der Waals surface area contributed by atoms with Crippen LogP contribution in [0.15, 0.2) is 17.5 Å². The van der Waals surface area contributed by atoms with E-state index < -0.39 is 0 Å². The summed E-state index contributed by atoms with van der Waals surface area (Å²) in [5, 5.41) is 5.59. The van der Waals surface area contributed by atoms with Crippen LogP contribution in [0.1, 0.15) is 38.5 Å². The third-order valence-electron chi connectivity index (χ3n) is 2.59. The first kappa shape index (κ1) is 12.7. The van der Waals surface area contributed by atoms with Crippen molar-refractivity contribution in [2.45, 2.75) is 46.1 Å². The van der Waals surface area contributed by atoms with E-state index in [0.717, 1.165) is 0 Å². The van der Waals surface area contributed by atoms with Crippen LogP contribution in [0.5, 0.6) is 0 Å². The molecular weight excluding hydrogens is 202 g/mol. The molecule has 1 atom stereocenters. The highest BCUT2D eigenvalue weighted by atomic mass is 32.1. The summed E-state index contributed by atoms with van der Waals surface area (Å²) in [5.74, 6) is 0. The van der Waals surface area contributed by atoms with Crippen molar-refractivity contribution in [2.24, 2.45) is 5.41 Å². The summed E-state index contributed by atoms with van der Waals surface area (Å²) in [7, 11) is 2.07. The predicted octanol–water partition coefficient (Wildman–Crippen LogP) is 3.70. The normalized spacial score (nSPS) is 14.1. The molecule has 1 aromatic rings. The lowest BCUT2D eigenvalue weighted by atomic mass is 9.86. The number of aryl methyl sites for hydroxylation is 1. The molecule has 0 aromatic carbocycles. The summed E-state index contributed by atoms with van der Waals surface area (Å²) in [6.07, 6.45) is 3.70. The van der Waals surface area contributed by atoms with Gasteiger partial charge in [-0.2, -0.15) is 0 Å². The molecule has 0 radical (unpaired) electrons. The molecule has 1 N–H and O–H groups in total. The molecule has 86 valence electrons. The third kappa shape index (κ3) is 5.33. The first-order chi connectivity index (χ1) is 7.01. The zero-order chi connectivity index (χ0) is 11.3. The SMILES string of the molecule is CNC(CCc1cccs1)CC(C)(C)C. The van der Waals surface area contributed by atoms with Crippen LogP contribution in [0.2, 0.25) is 0 Å². The molecule has 0 spiro atoms. The fraction of sp³-hybridized carbons (Fsp3) is 0.692. The van der Waals surface area contributed by atoms with Crippen molar-refractivity contribution in [3.63, 3.8) is 0 Å². The maximum absolute atomic E-state index is 3.43. The minimum atomic E-state index is 0.420. The van der Waals surface area contributed by atoms with Gasteiger partial charge < -0.3 is 5.32 Å². The molecule has 2 heteroatoms. The van der Waals surface area contributed by atoms with E-state index in [1.807, 2.05) is 11.3 Å². The van der Waals surface area contributed by atoms with Crippen molar-refractivity contribution in [2.75, 3.05) is 7.05 Å². The molecule has 0 aliphatic heterocycles. The van der Waals surface area contributed by atoms with Crippen LogP contribution in [0.3, 0.4) is 0 Å². The van der Waals surface area contributed by atoms with Crippen LogP contribution >= 0.6 is 11.3 Å². The first-order valence-corrected chi connectivity index (χ1v) is 6.59. The number of rotatable bonds is 5. The second-order valence-corrected chi connectivity index (χ2v) is 6.40. The van der Waals surface area contributed by atoms with Crippen LogP contribution < -0.4 is 5.32 Å². The van der Waals surface area contributed by atoms with Gasteiger partial charge in [0, 0.05) is 10.9 Å². The minimum absolute atomic E-state index is 0.420. The van der Waals surface area contributed by atoms with E-state index in [2.05, 4.69) is 50.6 Å².